The third-order valence-corrected chi connectivity index (χ3v) is 2.94. The number of hydrogen-bond acceptors (Lipinski definition) is 5. The summed E-state index contributed by atoms with van der Waals surface area (Å²) >= 11 is 0. The van der Waals surface area contributed by atoms with Gasteiger partial charge in [0.05, 0.1) is 26.9 Å². The van der Waals surface area contributed by atoms with E-state index in [2.05, 4.69) is 4.74 Å². The number of likely N-dealkylation sites (N-methyl/N-ethyl adjacent to an activating group) is 1. The topological polar surface area (TPSA) is 59.0 Å². The fourth-order valence-corrected chi connectivity index (χ4v) is 1.75. The number of esters is 1. The zero-order valence-corrected chi connectivity index (χ0v) is 11.6. The summed E-state index contributed by atoms with van der Waals surface area (Å²) in [7, 11) is 2.94. The number of methoxy groups -OCH3 is 2. The Morgan fingerprint density at radius 1 is 1.42 bits per heavy atom. The minimum atomic E-state index is -0.667. The van der Waals surface area contributed by atoms with Gasteiger partial charge in [0.15, 0.2) is 0 Å². The first-order valence-electron chi connectivity index (χ1n) is 6.21. The van der Waals surface area contributed by atoms with Gasteiger partial charge in [0.2, 0.25) is 0 Å². The van der Waals surface area contributed by atoms with Crippen molar-refractivity contribution in [2.24, 2.45) is 0 Å². The summed E-state index contributed by atoms with van der Waals surface area (Å²) in [5, 5.41) is 10.2. The molecular weight excluding hydrogens is 246 g/mol. The highest BCUT2D eigenvalue weighted by Crippen LogP contribution is 2.19. The van der Waals surface area contributed by atoms with Crippen molar-refractivity contribution in [3.8, 4) is 5.75 Å². The van der Waals surface area contributed by atoms with Crippen LogP contribution in [0.4, 0.5) is 0 Å². The van der Waals surface area contributed by atoms with Gasteiger partial charge in [-0.1, -0.05) is 19.1 Å². The zero-order chi connectivity index (χ0) is 14.3. The van der Waals surface area contributed by atoms with Crippen molar-refractivity contribution in [2.75, 3.05) is 33.9 Å². The van der Waals surface area contributed by atoms with E-state index in [1.54, 1.807) is 13.2 Å². The summed E-state index contributed by atoms with van der Waals surface area (Å²) in [6.45, 7) is 3.14. The van der Waals surface area contributed by atoms with Gasteiger partial charge in [-0.3, -0.25) is 9.69 Å². The normalized spacial score (nSPS) is 12.3. The number of rotatable bonds is 7. The third-order valence-electron chi connectivity index (χ3n) is 2.94. The molecule has 1 aromatic rings. The van der Waals surface area contributed by atoms with E-state index in [0.717, 1.165) is 5.56 Å². The summed E-state index contributed by atoms with van der Waals surface area (Å²) < 4.78 is 9.74. The quantitative estimate of drug-likeness (QED) is 0.753. The van der Waals surface area contributed by atoms with Crippen LogP contribution in [-0.2, 0) is 9.53 Å². The van der Waals surface area contributed by atoms with E-state index in [-0.39, 0.29) is 12.5 Å². The van der Waals surface area contributed by atoms with E-state index in [0.29, 0.717) is 18.8 Å². The molecule has 0 aromatic heterocycles. The Labute approximate surface area is 113 Å². The van der Waals surface area contributed by atoms with Crippen LogP contribution in [-0.4, -0.2) is 49.8 Å². The smallest absolute Gasteiger partial charge is 0.319 e. The van der Waals surface area contributed by atoms with Gasteiger partial charge >= 0.3 is 5.97 Å². The van der Waals surface area contributed by atoms with Crippen molar-refractivity contribution in [3.63, 3.8) is 0 Å². The van der Waals surface area contributed by atoms with Gasteiger partial charge in [0.1, 0.15) is 5.75 Å². The van der Waals surface area contributed by atoms with Gasteiger partial charge in [-0.2, -0.15) is 0 Å². The maximum Gasteiger partial charge on any atom is 0.319 e. The molecule has 0 aliphatic heterocycles. The molecule has 1 aromatic carbocycles. The fraction of sp³-hybridized carbons (Fsp3) is 0.500. The number of ether oxygens (including phenoxy) is 2. The van der Waals surface area contributed by atoms with E-state index in [4.69, 9.17) is 4.74 Å². The van der Waals surface area contributed by atoms with Crippen LogP contribution in [0.25, 0.3) is 0 Å². The Bertz CT molecular complexity index is 408. The summed E-state index contributed by atoms with van der Waals surface area (Å²) in [5.74, 6) is 0.396. The second kappa shape index (κ2) is 7.76. The number of nitrogens with zero attached hydrogens (tertiary/aromatic N) is 1. The fourth-order valence-electron chi connectivity index (χ4n) is 1.75. The molecule has 1 N–H and O–H groups in total. The van der Waals surface area contributed by atoms with Crippen molar-refractivity contribution < 1.29 is 19.4 Å². The number of hydrogen-bond donors (Lipinski definition) is 1. The lowest BCUT2D eigenvalue weighted by Crippen LogP contribution is -2.34. The standard InChI is InChI=1S/C14H21NO4/c1-4-15(10-14(17)19-3)9-13(16)11-6-5-7-12(8-11)18-2/h5-8,13,16H,4,9-10H2,1-3H3. The molecule has 5 heteroatoms. The average Bonchev–Trinajstić information content (AvgIpc) is 2.46. The minimum absolute atomic E-state index is 0.175. The van der Waals surface area contributed by atoms with Crippen LogP contribution >= 0.6 is 0 Å². The molecule has 0 saturated heterocycles. The predicted octanol–water partition coefficient (Wildman–Crippen LogP) is 1.22. The first-order chi connectivity index (χ1) is 9.10. The molecule has 1 rings (SSSR count). The van der Waals surface area contributed by atoms with Crippen molar-refractivity contribution >= 4 is 5.97 Å². The minimum Gasteiger partial charge on any atom is -0.497 e. The van der Waals surface area contributed by atoms with E-state index >= 15 is 0 Å². The first-order valence-corrected chi connectivity index (χ1v) is 6.21. The van der Waals surface area contributed by atoms with E-state index in [9.17, 15) is 9.90 Å². The van der Waals surface area contributed by atoms with Crippen LogP contribution in [0, 0.1) is 0 Å². The van der Waals surface area contributed by atoms with Crippen LogP contribution < -0.4 is 4.74 Å². The van der Waals surface area contributed by atoms with Crippen molar-refractivity contribution in [1.29, 1.82) is 0 Å². The summed E-state index contributed by atoms with van der Waals surface area (Å²) in [6.07, 6.45) is -0.667. The molecule has 0 aliphatic rings. The largest absolute Gasteiger partial charge is 0.497 e. The van der Waals surface area contributed by atoms with Crippen molar-refractivity contribution in [2.45, 2.75) is 13.0 Å². The molecule has 0 fully saturated rings. The van der Waals surface area contributed by atoms with Gasteiger partial charge in [0, 0.05) is 6.54 Å². The SMILES string of the molecule is CCN(CC(=O)OC)CC(O)c1cccc(OC)c1. The molecule has 1 unspecified atom stereocenters. The van der Waals surface area contributed by atoms with Crippen LogP contribution in [0.15, 0.2) is 24.3 Å². The van der Waals surface area contributed by atoms with E-state index < -0.39 is 6.10 Å². The number of carbonyl (C=O) groups is 1. The second-order valence-corrected chi connectivity index (χ2v) is 4.20. The Morgan fingerprint density at radius 2 is 2.16 bits per heavy atom. The van der Waals surface area contributed by atoms with Crippen molar-refractivity contribution in [1.82, 2.24) is 4.90 Å². The lowest BCUT2D eigenvalue weighted by atomic mass is 10.1. The third kappa shape index (κ3) is 4.89. The number of carbonyl (C=O) groups excluding carboxylic acids is 1. The molecule has 106 valence electrons. The molecule has 0 amide bonds. The van der Waals surface area contributed by atoms with Crippen LogP contribution in [0.3, 0.4) is 0 Å². The van der Waals surface area contributed by atoms with Gasteiger partial charge in [0.25, 0.3) is 0 Å². The average molecular weight is 267 g/mol. The molecule has 1 atom stereocenters. The molecule has 0 bridgehead atoms. The van der Waals surface area contributed by atoms with E-state index in [1.807, 2.05) is 30.0 Å². The Morgan fingerprint density at radius 3 is 2.74 bits per heavy atom. The monoisotopic (exact) mass is 267 g/mol. The van der Waals surface area contributed by atoms with Gasteiger partial charge in [-0.15, -0.1) is 0 Å². The number of aliphatic hydroxyl groups excluding tert-OH is 1. The predicted molar refractivity (Wildman–Crippen MR) is 72.1 cm³/mol. The molecule has 0 heterocycles. The van der Waals surface area contributed by atoms with Crippen LogP contribution in [0.2, 0.25) is 0 Å². The van der Waals surface area contributed by atoms with Crippen LogP contribution in [0.5, 0.6) is 5.75 Å². The summed E-state index contributed by atoms with van der Waals surface area (Å²) in [4.78, 5) is 13.1. The zero-order valence-electron chi connectivity index (χ0n) is 11.6. The van der Waals surface area contributed by atoms with Crippen molar-refractivity contribution in [3.05, 3.63) is 29.8 Å². The Hall–Kier alpha value is -1.59. The van der Waals surface area contributed by atoms with Gasteiger partial charge in [-0.05, 0) is 24.2 Å². The molecule has 0 radical (unpaired) electrons. The van der Waals surface area contributed by atoms with Gasteiger partial charge < -0.3 is 14.6 Å². The highest BCUT2D eigenvalue weighted by molar-refractivity contribution is 5.71. The molecule has 19 heavy (non-hydrogen) atoms. The molecular formula is C14H21NO4. The van der Waals surface area contributed by atoms with E-state index in [1.165, 1.54) is 7.11 Å². The summed E-state index contributed by atoms with van der Waals surface area (Å²) in [6, 6.07) is 7.27. The highest BCUT2D eigenvalue weighted by Gasteiger charge is 2.15. The Balaban J connectivity index is 2.65. The molecule has 5 nitrogen and oxygen atoms in total. The first kappa shape index (κ1) is 15.5. The maximum atomic E-state index is 11.2. The lowest BCUT2D eigenvalue weighted by Gasteiger charge is -2.22. The van der Waals surface area contributed by atoms with Gasteiger partial charge in [-0.25, -0.2) is 0 Å². The van der Waals surface area contributed by atoms with Crippen LogP contribution in [0.1, 0.15) is 18.6 Å². The lowest BCUT2D eigenvalue weighted by molar-refractivity contribution is -0.142. The number of benzene rings is 1. The highest BCUT2D eigenvalue weighted by atomic mass is 16.5. The molecule has 0 spiro atoms. The molecule has 0 saturated carbocycles. The second-order valence-electron chi connectivity index (χ2n) is 4.20. The summed E-state index contributed by atoms with van der Waals surface area (Å²) in [5.41, 5.74) is 0.766. The Kier molecular flexibility index (Phi) is 6.32. The number of aliphatic hydroxyl groups is 1. The maximum absolute atomic E-state index is 11.2. The molecule has 0 aliphatic carbocycles.